The molecule has 0 saturated carbocycles. The molecule has 0 aromatic carbocycles. The molecule has 0 spiro atoms. The highest BCUT2D eigenvalue weighted by Crippen LogP contribution is 2.23. The second-order valence-electron chi connectivity index (χ2n) is 3.42. The Morgan fingerprint density at radius 3 is 3.10 bits per heavy atom. The molecule has 58 valence electrons. The summed E-state index contributed by atoms with van der Waals surface area (Å²) < 4.78 is 5.45. The van der Waals surface area contributed by atoms with Crippen molar-refractivity contribution in [2.75, 3.05) is 19.8 Å². The lowest BCUT2D eigenvalue weighted by atomic mass is 10.2. The van der Waals surface area contributed by atoms with Gasteiger partial charge in [0.1, 0.15) is 0 Å². The van der Waals surface area contributed by atoms with Gasteiger partial charge in [0.15, 0.2) is 0 Å². The summed E-state index contributed by atoms with van der Waals surface area (Å²) in [5.41, 5.74) is 0. The van der Waals surface area contributed by atoms with Crippen LogP contribution in [0.2, 0.25) is 0 Å². The maximum Gasteiger partial charge on any atom is 0.0622 e. The Labute approximate surface area is 62.2 Å². The van der Waals surface area contributed by atoms with Crippen LogP contribution in [0.4, 0.5) is 0 Å². The van der Waals surface area contributed by atoms with Crippen molar-refractivity contribution in [2.45, 2.75) is 31.8 Å². The average Bonchev–Trinajstić information content (AvgIpc) is 2.36. The van der Waals surface area contributed by atoms with Crippen molar-refractivity contribution >= 4 is 0 Å². The second kappa shape index (κ2) is 2.51. The highest BCUT2D eigenvalue weighted by atomic mass is 16.5. The lowest BCUT2D eigenvalue weighted by Crippen LogP contribution is -2.47. The minimum absolute atomic E-state index is 0.668. The molecule has 0 bridgehead atoms. The van der Waals surface area contributed by atoms with Gasteiger partial charge in [0.05, 0.1) is 13.2 Å². The topological polar surface area (TPSA) is 12.5 Å². The number of nitrogens with zero attached hydrogens (tertiary/aromatic N) is 1. The number of fused-ring (bicyclic) bond motifs is 1. The van der Waals surface area contributed by atoms with Crippen LogP contribution in [0.3, 0.4) is 0 Å². The zero-order valence-electron chi connectivity index (χ0n) is 6.55. The first-order chi connectivity index (χ1) is 4.88. The van der Waals surface area contributed by atoms with Crippen LogP contribution in [-0.2, 0) is 4.74 Å². The van der Waals surface area contributed by atoms with Crippen molar-refractivity contribution in [3.8, 4) is 0 Å². The molecule has 0 aromatic rings. The average molecular weight is 141 g/mol. The van der Waals surface area contributed by atoms with E-state index in [1.54, 1.807) is 0 Å². The van der Waals surface area contributed by atoms with E-state index >= 15 is 0 Å². The summed E-state index contributed by atoms with van der Waals surface area (Å²) in [5, 5.41) is 0. The molecule has 10 heavy (non-hydrogen) atoms. The van der Waals surface area contributed by atoms with Gasteiger partial charge in [0.25, 0.3) is 0 Å². The fourth-order valence-electron chi connectivity index (χ4n) is 2.09. The van der Waals surface area contributed by atoms with Crippen LogP contribution in [0.5, 0.6) is 0 Å². The SMILES string of the molecule is C[C@H]1COC[C@@H]2CCCN21. The van der Waals surface area contributed by atoms with E-state index in [1.807, 2.05) is 0 Å². The van der Waals surface area contributed by atoms with Gasteiger partial charge in [-0.15, -0.1) is 0 Å². The number of hydrogen-bond donors (Lipinski definition) is 0. The van der Waals surface area contributed by atoms with Crippen LogP contribution in [0, 0.1) is 0 Å². The Morgan fingerprint density at radius 1 is 1.40 bits per heavy atom. The van der Waals surface area contributed by atoms with E-state index in [-0.39, 0.29) is 0 Å². The Hall–Kier alpha value is -0.0800. The molecule has 2 fully saturated rings. The maximum atomic E-state index is 5.45. The third kappa shape index (κ3) is 0.956. The first-order valence-corrected chi connectivity index (χ1v) is 4.21. The van der Waals surface area contributed by atoms with E-state index in [1.165, 1.54) is 19.4 Å². The van der Waals surface area contributed by atoms with E-state index in [0.717, 1.165) is 19.3 Å². The Morgan fingerprint density at radius 2 is 2.30 bits per heavy atom. The molecule has 0 aromatic heterocycles. The molecule has 0 unspecified atom stereocenters. The van der Waals surface area contributed by atoms with Crippen molar-refractivity contribution in [3.63, 3.8) is 0 Å². The second-order valence-corrected chi connectivity index (χ2v) is 3.42. The number of hydrogen-bond acceptors (Lipinski definition) is 2. The zero-order valence-corrected chi connectivity index (χ0v) is 6.55. The molecule has 2 aliphatic heterocycles. The molecular formula is C8H15NO. The molecular weight excluding hydrogens is 126 g/mol. The van der Waals surface area contributed by atoms with Crippen LogP contribution in [-0.4, -0.2) is 36.7 Å². The van der Waals surface area contributed by atoms with Gasteiger partial charge in [0, 0.05) is 12.1 Å². The fourth-order valence-corrected chi connectivity index (χ4v) is 2.09. The highest BCUT2D eigenvalue weighted by Gasteiger charge is 2.31. The van der Waals surface area contributed by atoms with Gasteiger partial charge in [-0.3, -0.25) is 4.90 Å². The molecule has 2 aliphatic rings. The van der Waals surface area contributed by atoms with Gasteiger partial charge in [-0.25, -0.2) is 0 Å². The van der Waals surface area contributed by atoms with Gasteiger partial charge in [0.2, 0.25) is 0 Å². The van der Waals surface area contributed by atoms with Crippen molar-refractivity contribution in [2.24, 2.45) is 0 Å². The smallest absolute Gasteiger partial charge is 0.0622 e. The summed E-state index contributed by atoms with van der Waals surface area (Å²) in [6.07, 6.45) is 2.72. The first kappa shape index (κ1) is 6.62. The standard InChI is InChI=1S/C8H15NO/c1-7-5-10-6-8-3-2-4-9(7)8/h7-8H,2-6H2,1H3/t7-,8-/m0/s1. The summed E-state index contributed by atoms with van der Waals surface area (Å²) in [4.78, 5) is 2.59. The summed E-state index contributed by atoms with van der Waals surface area (Å²) >= 11 is 0. The summed E-state index contributed by atoms with van der Waals surface area (Å²) in [6.45, 7) is 5.48. The van der Waals surface area contributed by atoms with Crippen LogP contribution in [0.25, 0.3) is 0 Å². The molecule has 2 nitrogen and oxygen atoms in total. The van der Waals surface area contributed by atoms with Crippen molar-refractivity contribution in [1.82, 2.24) is 4.90 Å². The van der Waals surface area contributed by atoms with Crippen molar-refractivity contribution < 1.29 is 4.74 Å². The molecule has 2 heteroatoms. The van der Waals surface area contributed by atoms with Crippen LogP contribution < -0.4 is 0 Å². The van der Waals surface area contributed by atoms with Gasteiger partial charge in [-0.05, 0) is 26.3 Å². The molecule has 0 aliphatic carbocycles. The molecule has 2 atom stereocenters. The normalized spacial score (nSPS) is 41.7. The van der Waals surface area contributed by atoms with E-state index in [2.05, 4.69) is 11.8 Å². The van der Waals surface area contributed by atoms with Crippen molar-refractivity contribution in [1.29, 1.82) is 0 Å². The van der Waals surface area contributed by atoms with E-state index in [4.69, 9.17) is 4.74 Å². The van der Waals surface area contributed by atoms with E-state index in [0.29, 0.717) is 6.04 Å². The fraction of sp³-hybridized carbons (Fsp3) is 1.00. The largest absolute Gasteiger partial charge is 0.378 e. The molecule has 2 rings (SSSR count). The highest BCUT2D eigenvalue weighted by molar-refractivity contribution is 4.85. The third-order valence-electron chi connectivity index (χ3n) is 2.66. The van der Waals surface area contributed by atoms with Crippen LogP contribution in [0.1, 0.15) is 19.8 Å². The van der Waals surface area contributed by atoms with Gasteiger partial charge in [-0.2, -0.15) is 0 Å². The van der Waals surface area contributed by atoms with Gasteiger partial charge < -0.3 is 4.74 Å². The lowest BCUT2D eigenvalue weighted by molar-refractivity contribution is -0.0231. The van der Waals surface area contributed by atoms with Crippen molar-refractivity contribution in [3.05, 3.63) is 0 Å². The summed E-state index contributed by atoms with van der Waals surface area (Å²) in [6, 6.07) is 1.42. The Balaban J connectivity index is 2.03. The predicted molar refractivity (Wildman–Crippen MR) is 40.0 cm³/mol. The monoisotopic (exact) mass is 141 g/mol. The minimum Gasteiger partial charge on any atom is -0.378 e. The lowest BCUT2D eigenvalue weighted by Gasteiger charge is -2.35. The third-order valence-corrected chi connectivity index (χ3v) is 2.66. The number of morpholine rings is 1. The Bertz CT molecular complexity index is 126. The maximum absolute atomic E-state index is 5.45. The molecule has 0 radical (unpaired) electrons. The summed E-state index contributed by atoms with van der Waals surface area (Å²) in [7, 11) is 0. The van der Waals surface area contributed by atoms with Crippen LogP contribution >= 0.6 is 0 Å². The number of ether oxygens (including phenoxy) is 1. The van der Waals surface area contributed by atoms with Crippen LogP contribution in [0.15, 0.2) is 0 Å². The predicted octanol–water partition coefficient (Wildman–Crippen LogP) is 0.869. The molecule has 0 N–H and O–H groups in total. The van der Waals surface area contributed by atoms with Gasteiger partial charge in [-0.1, -0.05) is 0 Å². The zero-order chi connectivity index (χ0) is 6.97. The molecule has 2 saturated heterocycles. The molecule has 0 amide bonds. The first-order valence-electron chi connectivity index (χ1n) is 4.21. The minimum atomic E-state index is 0.668. The quantitative estimate of drug-likeness (QED) is 0.496. The molecule has 2 heterocycles. The van der Waals surface area contributed by atoms with E-state index in [9.17, 15) is 0 Å². The number of rotatable bonds is 0. The Kier molecular flexibility index (Phi) is 1.66. The van der Waals surface area contributed by atoms with E-state index < -0.39 is 0 Å². The summed E-state index contributed by atoms with van der Waals surface area (Å²) in [5.74, 6) is 0. The van der Waals surface area contributed by atoms with Gasteiger partial charge >= 0.3 is 0 Å².